The van der Waals surface area contributed by atoms with Gasteiger partial charge < -0.3 is 10.2 Å². The average Bonchev–Trinajstić information content (AvgIpc) is 2.94. The summed E-state index contributed by atoms with van der Waals surface area (Å²) in [6.45, 7) is 0.949. The Hall–Kier alpha value is -1.30. The maximum absolute atomic E-state index is 11.4. The van der Waals surface area contributed by atoms with Crippen LogP contribution in [0.25, 0.3) is 0 Å². The second kappa shape index (κ2) is 4.60. The number of rotatable bonds is 4. The third-order valence-electron chi connectivity index (χ3n) is 4.59. The number of piperidine rings is 1. The van der Waals surface area contributed by atoms with Crippen LogP contribution >= 0.6 is 23.2 Å². The number of aliphatic carboxylic acids is 2. The molecule has 112 valence electrons. The smallest absolute Gasteiger partial charge is 0.312 e. The molecule has 2 fully saturated rings. The highest BCUT2D eigenvalue weighted by atomic mass is 35.5. The van der Waals surface area contributed by atoms with Gasteiger partial charge in [0, 0.05) is 19.6 Å². The van der Waals surface area contributed by atoms with E-state index < -0.39 is 22.8 Å². The highest BCUT2D eigenvalue weighted by Crippen LogP contribution is 2.68. The topological polar surface area (TPSA) is 77.8 Å². The normalized spacial score (nSPS) is 31.0. The second-order valence-corrected chi connectivity index (χ2v) is 6.66. The van der Waals surface area contributed by atoms with Gasteiger partial charge in [0.25, 0.3) is 0 Å². The van der Waals surface area contributed by atoms with E-state index >= 15 is 0 Å². The minimum absolute atomic E-state index is 0.211. The number of halogens is 2. The van der Waals surface area contributed by atoms with Gasteiger partial charge in [-0.15, -0.1) is 0 Å². The summed E-state index contributed by atoms with van der Waals surface area (Å²) in [4.78, 5) is 24.7. The van der Waals surface area contributed by atoms with Crippen LogP contribution in [-0.4, -0.2) is 40.1 Å². The number of benzene rings is 1. The maximum Gasteiger partial charge on any atom is 0.312 e. The third kappa shape index (κ3) is 2.03. The van der Waals surface area contributed by atoms with Crippen LogP contribution in [-0.2, 0) is 16.1 Å². The van der Waals surface area contributed by atoms with E-state index in [9.17, 15) is 19.8 Å². The number of likely N-dealkylation sites (tertiary alicyclic amines) is 1. The molecular weight excluding hydrogens is 317 g/mol. The molecule has 1 aromatic carbocycles. The van der Waals surface area contributed by atoms with E-state index in [0.717, 1.165) is 5.56 Å². The molecular formula is C14H13Cl2NO4. The van der Waals surface area contributed by atoms with E-state index in [1.807, 2.05) is 4.90 Å². The number of carbonyl (C=O) groups is 2. The fourth-order valence-electron chi connectivity index (χ4n) is 3.41. The Balaban J connectivity index is 1.79. The zero-order valence-corrected chi connectivity index (χ0v) is 12.5. The van der Waals surface area contributed by atoms with E-state index in [1.165, 1.54) is 0 Å². The molecule has 0 bridgehead atoms. The molecule has 0 unspecified atom stereocenters. The van der Waals surface area contributed by atoms with Gasteiger partial charge in [-0.1, -0.05) is 29.3 Å². The van der Waals surface area contributed by atoms with Gasteiger partial charge in [-0.3, -0.25) is 14.5 Å². The monoisotopic (exact) mass is 329 g/mol. The molecule has 1 aliphatic heterocycles. The summed E-state index contributed by atoms with van der Waals surface area (Å²) >= 11 is 11.8. The zero-order valence-electron chi connectivity index (χ0n) is 11.0. The molecule has 1 heterocycles. The van der Waals surface area contributed by atoms with E-state index in [0.29, 0.717) is 16.6 Å². The first-order chi connectivity index (χ1) is 9.80. The Morgan fingerprint density at radius 1 is 1.10 bits per heavy atom. The number of fused-ring (bicyclic) bond motifs is 1. The van der Waals surface area contributed by atoms with Crippen LogP contribution in [0.4, 0.5) is 0 Å². The molecule has 2 aliphatic rings. The fourth-order valence-corrected chi connectivity index (χ4v) is 3.73. The first-order valence-corrected chi connectivity index (χ1v) is 7.19. The Bertz CT molecular complexity index is 622. The van der Waals surface area contributed by atoms with Crippen molar-refractivity contribution in [3.63, 3.8) is 0 Å². The van der Waals surface area contributed by atoms with Crippen LogP contribution in [0.1, 0.15) is 12.0 Å². The standard InChI is InChI=1S/C14H13Cl2NO4/c15-9-2-1-8(3-10(9)16)4-17-6-13(11(18)19)5-14(13,7-17)12(20)21/h1-3H,4-7H2,(H,18,19)(H,20,21)/t13-,14+. The summed E-state index contributed by atoms with van der Waals surface area (Å²) < 4.78 is 0. The predicted octanol–water partition coefficient (Wildman–Crippen LogP) is 2.35. The first kappa shape index (κ1) is 14.6. The highest BCUT2D eigenvalue weighted by molar-refractivity contribution is 6.42. The Morgan fingerprint density at radius 2 is 1.67 bits per heavy atom. The van der Waals surface area contributed by atoms with Crippen LogP contribution in [0.15, 0.2) is 18.2 Å². The van der Waals surface area contributed by atoms with Crippen molar-refractivity contribution in [2.75, 3.05) is 13.1 Å². The minimum atomic E-state index is -1.14. The van der Waals surface area contributed by atoms with Gasteiger partial charge in [-0.25, -0.2) is 0 Å². The summed E-state index contributed by atoms with van der Waals surface area (Å²) in [5.41, 5.74) is -1.41. The molecule has 1 saturated heterocycles. The molecule has 5 nitrogen and oxygen atoms in total. The van der Waals surface area contributed by atoms with Gasteiger partial charge in [0.05, 0.1) is 20.9 Å². The average molecular weight is 330 g/mol. The lowest BCUT2D eigenvalue weighted by atomic mass is 9.97. The number of nitrogens with zero attached hydrogens (tertiary/aromatic N) is 1. The van der Waals surface area contributed by atoms with Crippen LogP contribution in [0.5, 0.6) is 0 Å². The molecule has 7 heteroatoms. The number of hydrogen-bond donors (Lipinski definition) is 2. The number of carboxylic acid groups (broad SMARTS) is 2. The van der Waals surface area contributed by atoms with Gasteiger partial charge >= 0.3 is 11.9 Å². The largest absolute Gasteiger partial charge is 0.481 e. The van der Waals surface area contributed by atoms with Gasteiger partial charge in [0.2, 0.25) is 0 Å². The SMILES string of the molecule is O=C(O)[C@@]12CN(Cc3ccc(Cl)c(Cl)c3)C[C@]1(C(=O)O)C2. The van der Waals surface area contributed by atoms with Crippen molar-refractivity contribution in [1.82, 2.24) is 4.90 Å². The highest BCUT2D eigenvalue weighted by Gasteiger charge is 2.80. The van der Waals surface area contributed by atoms with Crippen LogP contribution in [0, 0.1) is 10.8 Å². The Morgan fingerprint density at radius 3 is 2.14 bits per heavy atom. The van der Waals surface area contributed by atoms with Gasteiger partial charge in [0.15, 0.2) is 0 Å². The number of carboxylic acids is 2. The predicted molar refractivity (Wildman–Crippen MR) is 76.5 cm³/mol. The summed E-state index contributed by atoms with van der Waals surface area (Å²) in [5.74, 6) is -2.05. The lowest BCUT2D eigenvalue weighted by Gasteiger charge is -2.19. The lowest BCUT2D eigenvalue weighted by molar-refractivity contribution is -0.151. The van der Waals surface area contributed by atoms with Gasteiger partial charge in [-0.05, 0) is 24.1 Å². The summed E-state index contributed by atoms with van der Waals surface area (Å²) in [5, 5.41) is 19.6. The Kier molecular flexibility index (Phi) is 3.20. The zero-order chi connectivity index (χ0) is 15.4. The lowest BCUT2D eigenvalue weighted by Crippen LogP contribution is -2.28. The third-order valence-corrected chi connectivity index (χ3v) is 5.33. The van der Waals surface area contributed by atoms with Crippen molar-refractivity contribution in [3.8, 4) is 0 Å². The van der Waals surface area contributed by atoms with E-state index in [-0.39, 0.29) is 19.5 Å². The van der Waals surface area contributed by atoms with Crippen molar-refractivity contribution < 1.29 is 19.8 Å². The summed E-state index contributed by atoms with van der Waals surface area (Å²) in [6, 6.07) is 5.20. The summed E-state index contributed by atoms with van der Waals surface area (Å²) in [7, 11) is 0. The van der Waals surface area contributed by atoms with E-state index in [4.69, 9.17) is 23.2 Å². The van der Waals surface area contributed by atoms with Crippen LogP contribution in [0.2, 0.25) is 10.0 Å². The molecule has 1 aromatic rings. The molecule has 0 spiro atoms. The van der Waals surface area contributed by atoms with Crippen LogP contribution in [0.3, 0.4) is 0 Å². The minimum Gasteiger partial charge on any atom is -0.481 e. The van der Waals surface area contributed by atoms with E-state index in [2.05, 4.69) is 0 Å². The van der Waals surface area contributed by atoms with Crippen LogP contribution < -0.4 is 0 Å². The number of hydrogen-bond acceptors (Lipinski definition) is 3. The molecule has 21 heavy (non-hydrogen) atoms. The van der Waals surface area contributed by atoms with Crippen molar-refractivity contribution in [3.05, 3.63) is 33.8 Å². The van der Waals surface area contributed by atoms with Crippen molar-refractivity contribution in [1.29, 1.82) is 0 Å². The summed E-state index contributed by atoms with van der Waals surface area (Å²) in [6.07, 6.45) is 0.211. The quantitative estimate of drug-likeness (QED) is 0.886. The van der Waals surface area contributed by atoms with Gasteiger partial charge in [0.1, 0.15) is 0 Å². The molecule has 0 amide bonds. The molecule has 2 atom stereocenters. The molecule has 1 saturated carbocycles. The molecule has 0 radical (unpaired) electrons. The maximum atomic E-state index is 11.4. The van der Waals surface area contributed by atoms with E-state index in [1.54, 1.807) is 18.2 Å². The van der Waals surface area contributed by atoms with Crippen molar-refractivity contribution >= 4 is 35.1 Å². The molecule has 0 aromatic heterocycles. The van der Waals surface area contributed by atoms with Crippen molar-refractivity contribution in [2.45, 2.75) is 13.0 Å². The van der Waals surface area contributed by atoms with Crippen molar-refractivity contribution in [2.24, 2.45) is 10.8 Å². The Labute approximate surface area is 131 Å². The molecule has 3 rings (SSSR count). The molecule has 1 aliphatic carbocycles. The molecule has 2 N–H and O–H groups in total. The van der Waals surface area contributed by atoms with Gasteiger partial charge in [-0.2, -0.15) is 0 Å². The fraction of sp³-hybridized carbons (Fsp3) is 0.429. The first-order valence-electron chi connectivity index (χ1n) is 6.44. The second-order valence-electron chi connectivity index (χ2n) is 5.84.